The van der Waals surface area contributed by atoms with Crippen molar-refractivity contribution in [1.29, 1.82) is 0 Å². The molecule has 0 saturated heterocycles. The second-order valence-corrected chi connectivity index (χ2v) is 9.52. The van der Waals surface area contributed by atoms with E-state index >= 15 is 0 Å². The first kappa shape index (κ1) is 20.0. The summed E-state index contributed by atoms with van der Waals surface area (Å²) >= 11 is 0. The van der Waals surface area contributed by atoms with E-state index in [0.717, 1.165) is 22.7 Å². The zero-order valence-corrected chi connectivity index (χ0v) is 18.0. The minimum atomic E-state index is 0.134. The topological polar surface area (TPSA) is 29.3 Å². The van der Waals surface area contributed by atoms with Crippen LogP contribution < -0.4 is 10.6 Å². The van der Waals surface area contributed by atoms with E-state index in [-0.39, 0.29) is 10.8 Å². The van der Waals surface area contributed by atoms with Crippen molar-refractivity contribution >= 4 is 22.7 Å². The van der Waals surface area contributed by atoms with Crippen molar-refractivity contribution in [3.8, 4) is 0 Å². The lowest BCUT2D eigenvalue weighted by Gasteiger charge is -2.28. The highest BCUT2D eigenvalue weighted by Gasteiger charge is 2.18. The normalized spacial score (nSPS) is 12.1. The molecule has 0 atom stereocenters. The molecular formula is C26H32N2. The predicted molar refractivity (Wildman–Crippen MR) is 123 cm³/mol. The second-order valence-electron chi connectivity index (χ2n) is 9.52. The summed E-state index contributed by atoms with van der Waals surface area (Å²) in [5.74, 6) is 0. The van der Waals surface area contributed by atoms with E-state index in [9.17, 15) is 0 Å². The first-order chi connectivity index (χ1) is 13.1. The fourth-order valence-corrected chi connectivity index (χ4v) is 3.33. The Morgan fingerprint density at radius 2 is 1.00 bits per heavy atom. The van der Waals surface area contributed by atoms with Crippen LogP contribution in [0.25, 0.3) is 0 Å². The molecule has 28 heavy (non-hydrogen) atoms. The van der Waals surface area contributed by atoms with Gasteiger partial charge in [0.25, 0.3) is 0 Å². The molecule has 2 N–H and O–H groups in total. The molecular weight excluding hydrogens is 340 g/mol. The number of nitrogens with zero attached hydrogens (tertiary/aromatic N) is 1. The predicted octanol–water partition coefficient (Wildman–Crippen LogP) is 7.33. The molecule has 0 aliphatic heterocycles. The van der Waals surface area contributed by atoms with Gasteiger partial charge >= 0.3 is 0 Å². The molecule has 2 nitrogen and oxygen atoms in total. The molecule has 0 aliphatic rings. The summed E-state index contributed by atoms with van der Waals surface area (Å²) in [6.07, 6.45) is 0. The minimum absolute atomic E-state index is 0.134. The van der Waals surface area contributed by atoms with Gasteiger partial charge < -0.3 is 10.6 Å². The number of hydrogen-bond donors (Lipinski definition) is 1. The van der Waals surface area contributed by atoms with Crippen molar-refractivity contribution in [2.75, 3.05) is 10.6 Å². The van der Waals surface area contributed by atoms with Gasteiger partial charge in [0.1, 0.15) is 0 Å². The van der Waals surface area contributed by atoms with Crippen molar-refractivity contribution in [2.24, 2.45) is 0 Å². The van der Waals surface area contributed by atoms with Gasteiger partial charge in [0, 0.05) is 22.7 Å². The van der Waals surface area contributed by atoms with Crippen molar-refractivity contribution < 1.29 is 0 Å². The highest BCUT2D eigenvalue weighted by atomic mass is 15.1. The Balaban J connectivity index is 2.08. The average molecular weight is 373 g/mol. The summed E-state index contributed by atoms with van der Waals surface area (Å²) in [4.78, 5) is 2.26. The molecule has 0 fully saturated rings. The second kappa shape index (κ2) is 7.35. The SMILES string of the molecule is CC(C)(C)c1ccc(N(c2ccc(C(C)(C)C)cc2)c2cccc(N)c2)cc1. The molecule has 0 spiro atoms. The number of hydrogen-bond acceptors (Lipinski definition) is 2. The third-order valence-electron chi connectivity index (χ3n) is 5.11. The van der Waals surface area contributed by atoms with E-state index < -0.39 is 0 Å². The van der Waals surface area contributed by atoms with Gasteiger partial charge in [-0.25, -0.2) is 0 Å². The van der Waals surface area contributed by atoms with Gasteiger partial charge in [-0.3, -0.25) is 0 Å². The molecule has 0 bridgehead atoms. The molecule has 0 radical (unpaired) electrons. The quantitative estimate of drug-likeness (QED) is 0.487. The Hall–Kier alpha value is -2.74. The highest BCUT2D eigenvalue weighted by Crippen LogP contribution is 2.37. The Labute approximate surface area is 170 Å². The molecule has 3 aromatic rings. The lowest BCUT2D eigenvalue weighted by atomic mass is 9.86. The summed E-state index contributed by atoms with van der Waals surface area (Å²) in [5.41, 5.74) is 13.1. The standard InChI is InChI=1S/C26H32N2/c1-25(2,3)19-10-14-22(15-11-19)28(24-9-7-8-21(27)18-24)23-16-12-20(13-17-23)26(4,5)6/h7-18H,27H2,1-6H3. The molecule has 0 amide bonds. The van der Waals surface area contributed by atoms with E-state index in [1.165, 1.54) is 11.1 Å². The molecule has 3 aromatic carbocycles. The first-order valence-electron chi connectivity index (χ1n) is 9.92. The van der Waals surface area contributed by atoms with Crippen LogP contribution in [0, 0.1) is 0 Å². The molecule has 3 rings (SSSR count). The first-order valence-corrected chi connectivity index (χ1v) is 9.92. The molecule has 146 valence electrons. The van der Waals surface area contributed by atoms with Crippen LogP contribution in [0.4, 0.5) is 22.7 Å². The zero-order chi connectivity index (χ0) is 20.5. The Morgan fingerprint density at radius 1 is 0.571 bits per heavy atom. The average Bonchev–Trinajstić information content (AvgIpc) is 2.61. The smallest absolute Gasteiger partial charge is 0.0482 e. The summed E-state index contributed by atoms with van der Waals surface area (Å²) < 4.78 is 0. The fourth-order valence-electron chi connectivity index (χ4n) is 3.33. The van der Waals surface area contributed by atoms with Crippen molar-refractivity contribution in [1.82, 2.24) is 0 Å². The van der Waals surface area contributed by atoms with E-state index in [1.807, 2.05) is 18.2 Å². The molecule has 0 heterocycles. The number of benzene rings is 3. The zero-order valence-electron chi connectivity index (χ0n) is 18.0. The van der Waals surface area contributed by atoms with Gasteiger partial charge in [0.05, 0.1) is 0 Å². The molecule has 0 aliphatic carbocycles. The van der Waals surface area contributed by atoms with Gasteiger partial charge in [0.15, 0.2) is 0 Å². The number of nitrogens with two attached hydrogens (primary N) is 1. The van der Waals surface area contributed by atoms with E-state index in [1.54, 1.807) is 0 Å². The largest absolute Gasteiger partial charge is 0.399 e. The van der Waals surface area contributed by atoms with Crippen molar-refractivity contribution in [2.45, 2.75) is 52.4 Å². The lowest BCUT2D eigenvalue weighted by molar-refractivity contribution is 0.590. The van der Waals surface area contributed by atoms with Crippen LogP contribution >= 0.6 is 0 Å². The van der Waals surface area contributed by atoms with Crippen LogP contribution in [0.1, 0.15) is 52.7 Å². The molecule has 0 aromatic heterocycles. The summed E-state index contributed by atoms with van der Waals surface area (Å²) in [6, 6.07) is 25.7. The van der Waals surface area contributed by atoms with Crippen LogP contribution in [-0.2, 0) is 10.8 Å². The molecule has 0 saturated carbocycles. The Bertz CT molecular complexity index is 866. The van der Waals surface area contributed by atoms with E-state index in [4.69, 9.17) is 5.73 Å². The highest BCUT2D eigenvalue weighted by molar-refractivity contribution is 5.78. The maximum atomic E-state index is 6.09. The third-order valence-corrected chi connectivity index (χ3v) is 5.11. The Kier molecular flexibility index (Phi) is 5.25. The van der Waals surface area contributed by atoms with Crippen LogP contribution in [0.2, 0.25) is 0 Å². The summed E-state index contributed by atoms with van der Waals surface area (Å²) in [6.45, 7) is 13.4. The van der Waals surface area contributed by atoms with Crippen molar-refractivity contribution in [3.05, 3.63) is 83.9 Å². The maximum Gasteiger partial charge on any atom is 0.0482 e. The fraction of sp³-hybridized carbons (Fsp3) is 0.308. The summed E-state index contributed by atoms with van der Waals surface area (Å²) in [7, 11) is 0. The van der Waals surface area contributed by atoms with Gasteiger partial charge in [-0.15, -0.1) is 0 Å². The summed E-state index contributed by atoms with van der Waals surface area (Å²) in [5, 5.41) is 0. The lowest BCUT2D eigenvalue weighted by Crippen LogP contribution is -2.14. The monoisotopic (exact) mass is 372 g/mol. The van der Waals surface area contributed by atoms with Gasteiger partial charge in [-0.05, 0) is 64.4 Å². The van der Waals surface area contributed by atoms with Crippen LogP contribution in [-0.4, -0.2) is 0 Å². The van der Waals surface area contributed by atoms with E-state index in [2.05, 4.69) is 101 Å². The maximum absolute atomic E-state index is 6.09. The van der Waals surface area contributed by atoms with Gasteiger partial charge in [0.2, 0.25) is 0 Å². The van der Waals surface area contributed by atoms with Crippen molar-refractivity contribution in [3.63, 3.8) is 0 Å². The van der Waals surface area contributed by atoms with Crippen LogP contribution in [0.3, 0.4) is 0 Å². The number of anilines is 4. The van der Waals surface area contributed by atoms with Crippen LogP contribution in [0.5, 0.6) is 0 Å². The number of nitrogen functional groups attached to an aromatic ring is 1. The van der Waals surface area contributed by atoms with E-state index in [0.29, 0.717) is 0 Å². The Morgan fingerprint density at radius 3 is 1.36 bits per heavy atom. The minimum Gasteiger partial charge on any atom is -0.399 e. The van der Waals surface area contributed by atoms with Gasteiger partial charge in [-0.1, -0.05) is 71.9 Å². The molecule has 0 unspecified atom stereocenters. The molecule has 2 heteroatoms. The third kappa shape index (κ3) is 4.39. The van der Waals surface area contributed by atoms with Crippen LogP contribution in [0.15, 0.2) is 72.8 Å². The van der Waals surface area contributed by atoms with Gasteiger partial charge in [-0.2, -0.15) is 0 Å². The number of rotatable bonds is 3.